The lowest BCUT2D eigenvalue weighted by atomic mass is 10.1. The van der Waals surface area contributed by atoms with Gasteiger partial charge in [-0.2, -0.15) is 0 Å². The van der Waals surface area contributed by atoms with Gasteiger partial charge in [-0.05, 0) is 25.9 Å². The summed E-state index contributed by atoms with van der Waals surface area (Å²) in [5.41, 5.74) is 0.224. The number of sulfone groups is 1. The van der Waals surface area contributed by atoms with Crippen molar-refractivity contribution in [3.8, 4) is 0 Å². The van der Waals surface area contributed by atoms with Crippen molar-refractivity contribution in [2.45, 2.75) is 25.8 Å². The number of piperidine rings is 1. The first-order chi connectivity index (χ1) is 10.0. The molecule has 1 aromatic rings. The average Bonchev–Trinajstić information content (AvgIpc) is 2.98. The van der Waals surface area contributed by atoms with Gasteiger partial charge in [0.2, 0.25) is 0 Å². The number of nitrogens with zero attached hydrogens (tertiary/aromatic N) is 3. The molecule has 0 radical (unpaired) electrons. The van der Waals surface area contributed by atoms with Crippen LogP contribution < -0.4 is 10.6 Å². The number of nitrogens with one attached hydrogen (secondary N) is 2. The van der Waals surface area contributed by atoms with Crippen LogP contribution in [0.4, 0.5) is 0 Å². The van der Waals surface area contributed by atoms with Gasteiger partial charge in [-0.25, -0.2) is 13.1 Å². The van der Waals surface area contributed by atoms with Crippen molar-refractivity contribution in [2.75, 3.05) is 31.1 Å². The minimum atomic E-state index is -3.07. The van der Waals surface area contributed by atoms with Gasteiger partial charge in [-0.1, -0.05) is 12.1 Å². The zero-order valence-electron chi connectivity index (χ0n) is 12.1. The standard InChI is InChI=1S/C12H21N5O3S/c1-2-21(19,20)8-7-14-12(18)11-9-17(16-15-11)10-3-5-13-6-4-10/h9-10,13H,2-8H2,1H3,(H,14,18). The third-order valence-corrected chi connectivity index (χ3v) is 5.27. The van der Waals surface area contributed by atoms with Crippen LogP contribution in [0.2, 0.25) is 0 Å². The van der Waals surface area contributed by atoms with E-state index in [4.69, 9.17) is 0 Å². The predicted molar refractivity (Wildman–Crippen MR) is 77.8 cm³/mol. The largest absolute Gasteiger partial charge is 0.350 e. The second-order valence-electron chi connectivity index (χ2n) is 5.06. The lowest BCUT2D eigenvalue weighted by Gasteiger charge is -2.22. The molecule has 2 N–H and O–H groups in total. The molecular weight excluding hydrogens is 294 g/mol. The van der Waals surface area contributed by atoms with Gasteiger partial charge in [-0.3, -0.25) is 4.79 Å². The predicted octanol–water partition coefficient (Wildman–Crippen LogP) is -0.633. The van der Waals surface area contributed by atoms with E-state index in [1.807, 2.05) is 0 Å². The average molecular weight is 315 g/mol. The van der Waals surface area contributed by atoms with Crippen LogP contribution in [0.5, 0.6) is 0 Å². The lowest BCUT2D eigenvalue weighted by molar-refractivity contribution is 0.0951. The van der Waals surface area contributed by atoms with Crippen LogP contribution >= 0.6 is 0 Å². The van der Waals surface area contributed by atoms with Gasteiger partial charge in [0.15, 0.2) is 15.5 Å². The van der Waals surface area contributed by atoms with Gasteiger partial charge >= 0.3 is 0 Å². The number of aromatic nitrogens is 3. The van der Waals surface area contributed by atoms with Crippen LogP contribution in [0, 0.1) is 0 Å². The van der Waals surface area contributed by atoms with Gasteiger partial charge in [0.05, 0.1) is 18.0 Å². The first-order valence-electron chi connectivity index (χ1n) is 7.13. The number of rotatable bonds is 6. The van der Waals surface area contributed by atoms with Crippen molar-refractivity contribution in [1.82, 2.24) is 25.6 Å². The van der Waals surface area contributed by atoms with E-state index in [-0.39, 0.29) is 35.7 Å². The summed E-state index contributed by atoms with van der Waals surface area (Å²) in [5, 5.41) is 13.7. The molecule has 1 saturated heterocycles. The van der Waals surface area contributed by atoms with Gasteiger partial charge in [0.25, 0.3) is 5.91 Å². The zero-order valence-corrected chi connectivity index (χ0v) is 12.9. The van der Waals surface area contributed by atoms with E-state index < -0.39 is 9.84 Å². The molecule has 2 heterocycles. The molecule has 1 aromatic heterocycles. The Morgan fingerprint density at radius 3 is 2.86 bits per heavy atom. The van der Waals surface area contributed by atoms with Crippen LogP contribution in [0.25, 0.3) is 0 Å². The molecule has 0 atom stereocenters. The van der Waals surface area contributed by atoms with Crippen molar-refractivity contribution in [3.05, 3.63) is 11.9 Å². The quantitative estimate of drug-likeness (QED) is 0.724. The smallest absolute Gasteiger partial charge is 0.273 e. The molecule has 1 fully saturated rings. The van der Waals surface area contributed by atoms with Gasteiger partial charge in [0, 0.05) is 12.3 Å². The molecule has 8 nitrogen and oxygen atoms in total. The summed E-state index contributed by atoms with van der Waals surface area (Å²) in [6.45, 7) is 3.54. The molecule has 1 amide bonds. The summed E-state index contributed by atoms with van der Waals surface area (Å²) in [5.74, 6) is -0.367. The molecule has 0 aromatic carbocycles. The molecule has 1 aliphatic heterocycles. The Balaban J connectivity index is 1.87. The highest BCUT2D eigenvalue weighted by Gasteiger charge is 2.18. The van der Waals surface area contributed by atoms with Crippen molar-refractivity contribution < 1.29 is 13.2 Å². The Morgan fingerprint density at radius 1 is 1.48 bits per heavy atom. The molecule has 2 rings (SSSR count). The van der Waals surface area contributed by atoms with Crippen molar-refractivity contribution >= 4 is 15.7 Å². The highest BCUT2D eigenvalue weighted by molar-refractivity contribution is 7.91. The molecule has 1 aliphatic rings. The molecule has 21 heavy (non-hydrogen) atoms. The molecule has 9 heteroatoms. The van der Waals surface area contributed by atoms with E-state index in [1.165, 1.54) is 0 Å². The van der Waals surface area contributed by atoms with E-state index in [9.17, 15) is 13.2 Å². The summed E-state index contributed by atoms with van der Waals surface area (Å²) in [6.07, 6.45) is 3.54. The third kappa shape index (κ3) is 4.50. The topological polar surface area (TPSA) is 106 Å². The first kappa shape index (κ1) is 15.9. The summed E-state index contributed by atoms with van der Waals surface area (Å²) in [6, 6.07) is 0.265. The maximum absolute atomic E-state index is 11.9. The van der Waals surface area contributed by atoms with Crippen LogP contribution in [0.3, 0.4) is 0 Å². The fourth-order valence-corrected chi connectivity index (χ4v) is 2.89. The van der Waals surface area contributed by atoms with Gasteiger partial charge < -0.3 is 10.6 Å². The molecule has 118 valence electrons. The minimum Gasteiger partial charge on any atom is -0.350 e. The second kappa shape index (κ2) is 6.99. The zero-order chi connectivity index (χ0) is 15.3. The van der Waals surface area contributed by atoms with Crippen molar-refractivity contribution in [1.29, 1.82) is 0 Å². The number of amides is 1. The fraction of sp³-hybridized carbons (Fsp3) is 0.750. The van der Waals surface area contributed by atoms with Gasteiger partial charge in [-0.15, -0.1) is 5.10 Å². The fourth-order valence-electron chi connectivity index (χ4n) is 2.19. The Hall–Kier alpha value is -1.48. The highest BCUT2D eigenvalue weighted by Crippen LogP contribution is 2.16. The molecule has 0 spiro atoms. The number of hydrogen-bond acceptors (Lipinski definition) is 6. The molecule has 0 bridgehead atoms. The van der Waals surface area contributed by atoms with E-state index in [0.717, 1.165) is 25.9 Å². The Labute approximate surface area is 124 Å². The van der Waals surface area contributed by atoms with Gasteiger partial charge in [0.1, 0.15) is 0 Å². The molecule has 0 aliphatic carbocycles. The van der Waals surface area contributed by atoms with E-state index >= 15 is 0 Å². The summed E-state index contributed by atoms with van der Waals surface area (Å²) < 4.78 is 24.4. The third-order valence-electron chi connectivity index (χ3n) is 3.56. The van der Waals surface area contributed by atoms with E-state index in [1.54, 1.807) is 17.8 Å². The number of hydrogen-bond donors (Lipinski definition) is 2. The molecule has 0 saturated carbocycles. The number of carbonyl (C=O) groups is 1. The van der Waals surface area contributed by atoms with Crippen LogP contribution in [-0.4, -0.2) is 60.5 Å². The second-order valence-corrected chi connectivity index (χ2v) is 7.53. The minimum absolute atomic E-state index is 0.0579. The maximum atomic E-state index is 11.9. The summed E-state index contributed by atoms with van der Waals surface area (Å²) in [4.78, 5) is 11.9. The highest BCUT2D eigenvalue weighted by atomic mass is 32.2. The van der Waals surface area contributed by atoms with Crippen molar-refractivity contribution in [2.24, 2.45) is 0 Å². The SMILES string of the molecule is CCS(=O)(=O)CCNC(=O)c1cn(C2CCNCC2)nn1. The summed E-state index contributed by atoms with van der Waals surface area (Å²) in [7, 11) is -3.07. The van der Waals surface area contributed by atoms with Crippen LogP contribution in [0.1, 0.15) is 36.3 Å². The lowest BCUT2D eigenvalue weighted by Crippen LogP contribution is -2.30. The molecule has 0 unspecified atom stereocenters. The normalized spacial score (nSPS) is 16.8. The van der Waals surface area contributed by atoms with E-state index in [2.05, 4.69) is 20.9 Å². The van der Waals surface area contributed by atoms with E-state index in [0.29, 0.717) is 0 Å². The number of carbonyl (C=O) groups excluding carboxylic acids is 1. The Kier molecular flexibility index (Phi) is 5.29. The molecular formula is C12H21N5O3S. The maximum Gasteiger partial charge on any atom is 0.273 e. The van der Waals surface area contributed by atoms with Crippen LogP contribution in [0.15, 0.2) is 6.20 Å². The van der Waals surface area contributed by atoms with Crippen molar-refractivity contribution in [3.63, 3.8) is 0 Å². The Bertz CT molecular complexity index is 577. The summed E-state index contributed by atoms with van der Waals surface area (Å²) >= 11 is 0. The first-order valence-corrected chi connectivity index (χ1v) is 8.95. The monoisotopic (exact) mass is 315 g/mol. The van der Waals surface area contributed by atoms with Crippen LogP contribution in [-0.2, 0) is 9.84 Å². The Morgan fingerprint density at radius 2 is 2.19 bits per heavy atom.